The third kappa shape index (κ3) is 6.20. The second kappa shape index (κ2) is 4.90. The largest absolute Gasteiger partial charge is 0.444 e. The molecule has 1 amide bonds. The van der Waals surface area contributed by atoms with E-state index in [0.717, 1.165) is 0 Å². The maximum atomic E-state index is 11.3. The van der Waals surface area contributed by atoms with E-state index in [4.69, 9.17) is 4.74 Å². The molecule has 0 N–H and O–H groups in total. The van der Waals surface area contributed by atoms with Gasteiger partial charge in [-0.05, 0) is 27.7 Å². The molecular formula is C10H19NO2. The average molecular weight is 185 g/mol. The summed E-state index contributed by atoms with van der Waals surface area (Å²) in [6.07, 6.45) is 3.52. The van der Waals surface area contributed by atoms with Gasteiger partial charge in [-0.1, -0.05) is 12.2 Å². The fourth-order valence-electron chi connectivity index (χ4n) is 0.678. The molecule has 0 fully saturated rings. The number of amides is 1. The zero-order valence-electron chi connectivity index (χ0n) is 9.13. The normalized spacial score (nSPS) is 11.8. The molecule has 0 bridgehead atoms. The SMILES string of the molecule is CC=CCN(C)C(=O)OC(C)(C)C. The van der Waals surface area contributed by atoms with E-state index < -0.39 is 5.60 Å². The van der Waals surface area contributed by atoms with Gasteiger partial charge in [-0.2, -0.15) is 0 Å². The first kappa shape index (κ1) is 12.0. The number of carbonyl (C=O) groups is 1. The minimum Gasteiger partial charge on any atom is -0.444 e. The Hall–Kier alpha value is -0.990. The third-order valence-electron chi connectivity index (χ3n) is 1.32. The summed E-state index contributed by atoms with van der Waals surface area (Å²) >= 11 is 0. The van der Waals surface area contributed by atoms with Crippen molar-refractivity contribution in [2.24, 2.45) is 0 Å². The lowest BCUT2D eigenvalue weighted by Crippen LogP contribution is -2.34. The highest BCUT2D eigenvalue weighted by Crippen LogP contribution is 2.08. The van der Waals surface area contributed by atoms with Gasteiger partial charge in [0.25, 0.3) is 0 Å². The fraction of sp³-hybridized carbons (Fsp3) is 0.700. The van der Waals surface area contributed by atoms with E-state index in [2.05, 4.69) is 0 Å². The van der Waals surface area contributed by atoms with Crippen LogP contribution in [-0.4, -0.2) is 30.2 Å². The summed E-state index contributed by atoms with van der Waals surface area (Å²) in [4.78, 5) is 12.9. The lowest BCUT2D eigenvalue weighted by atomic mass is 10.2. The molecule has 0 aliphatic heterocycles. The molecule has 0 aromatic carbocycles. The van der Waals surface area contributed by atoms with Crippen LogP contribution in [0.3, 0.4) is 0 Å². The van der Waals surface area contributed by atoms with Crippen LogP contribution in [-0.2, 0) is 4.74 Å². The smallest absolute Gasteiger partial charge is 0.410 e. The number of allylic oxidation sites excluding steroid dienone is 1. The molecule has 0 unspecified atom stereocenters. The Labute approximate surface area is 80.4 Å². The van der Waals surface area contributed by atoms with Gasteiger partial charge in [0.05, 0.1) is 0 Å². The highest BCUT2D eigenvalue weighted by atomic mass is 16.6. The second-order valence-electron chi connectivity index (χ2n) is 3.93. The van der Waals surface area contributed by atoms with E-state index in [1.165, 1.54) is 4.90 Å². The van der Waals surface area contributed by atoms with E-state index in [-0.39, 0.29) is 6.09 Å². The van der Waals surface area contributed by atoms with Crippen LogP contribution in [0.4, 0.5) is 4.79 Å². The highest BCUT2D eigenvalue weighted by Gasteiger charge is 2.18. The van der Waals surface area contributed by atoms with Gasteiger partial charge in [0, 0.05) is 13.6 Å². The van der Waals surface area contributed by atoms with Gasteiger partial charge in [-0.15, -0.1) is 0 Å². The van der Waals surface area contributed by atoms with E-state index >= 15 is 0 Å². The van der Waals surface area contributed by atoms with Crippen molar-refractivity contribution in [3.05, 3.63) is 12.2 Å². The molecule has 3 nitrogen and oxygen atoms in total. The van der Waals surface area contributed by atoms with Crippen LogP contribution in [0.1, 0.15) is 27.7 Å². The van der Waals surface area contributed by atoms with Crippen LogP contribution < -0.4 is 0 Å². The van der Waals surface area contributed by atoms with E-state index in [1.54, 1.807) is 7.05 Å². The van der Waals surface area contributed by atoms with Crippen molar-refractivity contribution in [2.45, 2.75) is 33.3 Å². The van der Waals surface area contributed by atoms with Crippen molar-refractivity contribution < 1.29 is 9.53 Å². The molecule has 0 saturated heterocycles. The first-order valence-electron chi connectivity index (χ1n) is 4.42. The molecule has 0 aromatic rings. The predicted molar refractivity (Wildman–Crippen MR) is 53.7 cm³/mol. The first-order chi connectivity index (χ1) is 5.87. The van der Waals surface area contributed by atoms with Gasteiger partial charge < -0.3 is 9.64 Å². The number of rotatable bonds is 2. The fourth-order valence-corrected chi connectivity index (χ4v) is 0.678. The quantitative estimate of drug-likeness (QED) is 0.618. The highest BCUT2D eigenvalue weighted by molar-refractivity contribution is 5.67. The number of hydrogen-bond acceptors (Lipinski definition) is 2. The minimum atomic E-state index is -0.415. The Morgan fingerprint density at radius 3 is 2.38 bits per heavy atom. The first-order valence-corrected chi connectivity index (χ1v) is 4.42. The zero-order chi connectivity index (χ0) is 10.5. The van der Waals surface area contributed by atoms with Crippen LogP contribution in [0.15, 0.2) is 12.2 Å². The standard InChI is InChI=1S/C10H19NO2/c1-6-7-8-11(5)9(12)13-10(2,3)4/h6-7H,8H2,1-5H3. The van der Waals surface area contributed by atoms with Gasteiger partial charge in [-0.3, -0.25) is 0 Å². The van der Waals surface area contributed by atoms with Crippen molar-refractivity contribution in [3.8, 4) is 0 Å². The van der Waals surface area contributed by atoms with Crippen LogP contribution in [0.5, 0.6) is 0 Å². The molecular weight excluding hydrogens is 166 g/mol. The van der Waals surface area contributed by atoms with Crippen LogP contribution in [0.25, 0.3) is 0 Å². The van der Waals surface area contributed by atoms with Gasteiger partial charge in [0.1, 0.15) is 5.60 Å². The Morgan fingerprint density at radius 1 is 1.46 bits per heavy atom. The summed E-state index contributed by atoms with van der Waals surface area (Å²) in [5, 5.41) is 0. The Morgan fingerprint density at radius 2 is 2.00 bits per heavy atom. The van der Waals surface area contributed by atoms with Gasteiger partial charge in [0.2, 0.25) is 0 Å². The van der Waals surface area contributed by atoms with Crippen LogP contribution in [0.2, 0.25) is 0 Å². The summed E-state index contributed by atoms with van der Waals surface area (Å²) in [5.74, 6) is 0. The molecule has 13 heavy (non-hydrogen) atoms. The van der Waals surface area contributed by atoms with E-state index in [9.17, 15) is 4.79 Å². The Kier molecular flexibility index (Phi) is 4.52. The molecule has 0 radical (unpaired) electrons. The molecule has 3 heteroatoms. The van der Waals surface area contributed by atoms with Crippen LogP contribution >= 0.6 is 0 Å². The molecule has 0 aromatic heterocycles. The van der Waals surface area contributed by atoms with E-state index in [0.29, 0.717) is 6.54 Å². The maximum Gasteiger partial charge on any atom is 0.410 e. The van der Waals surface area contributed by atoms with Crippen molar-refractivity contribution >= 4 is 6.09 Å². The van der Waals surface area contributed by atoms with Gasteiger partial charge in [-0.25, -0.2) is 4.79 Å². The summed E-state index contributed by atoms with van der Waals surface area (Å²) in [7, 11) is 1.72. The van der Waals surface area contributed by atoms with Gasteiger partial charge in [0.15, 0.2) is 0 Å². The average Bonchev–Trinajstić information content (AvgIpc) is 1.96. The van der Waals surface area contributed by atoms with Crippen molar-refractivity contribution in [1.82, 2.24) is 4.90 Å². The van der Waals surface area contributed by atoms with Gasteiger partial charge >= 0.3 is 6.09 Å². The maximum absolute atomic E-state index is 11.3. The molecule has 0 atom stereocenters. The summed E-state index contributed by atoms with van der Waals surface area (Å²) in [5.41, 5.74) is -0.415. The molecule has 0 aliphatic carbocycles. The minimum absolute atomic E-state index is 0.286. The number of likely N-dealkylation sites (N-methyl/N-ethyl adjacent to an activating group) is 1. The lowest BCUT2D eigenvalue weighted by Gasteiger charge is -2.23. The topological polar surface area (TPSA) is 29.5 Å². The summed E-state index contributed by atoms with van der Waals surface area (Å²) < 4.78 is 5.15. The number of ether oxygens (including phenoxy) is 1. The van der Waals surface area contributed by atoms with Crippen molar-refractivity contribution in [1.29, 1.82) is 0 Å². The summed E-state index contributed by atoms with van der Waals surface area (Å²) in [6, 6.07) is 0. The molecule has 0 heterocycles. The zero-order valence-corrected chi connectivity index (χ0v) is 9.13. The molecule has 0 rings (SSSR count). The monoisotopic (exact) mass is 185 g/mol. The molecule has 0 aliphatic rings. The van der Waals surface area contributed by atoms with E-state index in [1.807, 2.05) is 39.8 Å². The Balaban J connectivity index is 3.97. The molecule has 76 valence electrons. The Bertz CT molecular complexity index is 192. The third-order valence-corrected chi connectivity index (χ3v) is 1.32. The second-order valence-corrected chi connectivity index (χ2v) is 3.93. The lowest BCUT2D eigenvalue weighted by molar-refractivity contribution is 0.0318. The number of carbonyl (C=O) groups excluding carboxylic acids is 1. The van der Waals surface area contributed by atoms with Crippen molar-refractivity contribution in [2.75, 3.05) is 13.6 Å². The summed E-state index contributed by atoms with van der Waals surface area (Å²) in [6.45, 7) is 8.07. The molecule has 0 saturated carbocycles. The number of hydrogen-bond donors (Lipinski definition) is 0. The van der Waals surface area contributed by atoms with Crippen LogP contribution in [0, 0.1) is 0 Å². The van der Waals surface area contributed by atoms with Crippen molar-refractivity contribution in [3.63, 3.8) is 0 Å². The molecule has 0 spiro atoms. The number of nitrogens with zero attached hydrogens (tertiary/aromatic N) is 1. The predicted octanol–water partition coefficient (Wildman–Crippen LogP) is 2.43.